The van der Waals surface area contributed by atoms with Crippen molar-refractivity contribution in [3.05, 3.63) is 258 Å². The second-order valence-corrected chi connectivity index (χ2v) is 19.8. The minimum absolute atomic E-state index is 0.118. The number of nitrogens with zero attached hydrogens (tertiary/aromatic N) is 1. The van der Waals surface area contributed by atoms with E-state index < -0.39 is 5.41 Å². The highest BCUT2D eigenvalue weighted by atomic mass is 32.1. The van der Waals surface area contributed by atoms with Gasteiger partial charge in [-0.05, 0) is 126 Å². The Morgan fingerprint density at radius 1 is 0.364 bits per heavy atom. The van der Waals surface area contributed by atoms with Crippen molar-refractivity contribution in [3.63, 3.8) is 0 Å². The lowest BCUT2D eigenvalue weighted by atomic mass is 9.70. The van der Waals surface area contributed by atoms with Crippen LogP contribution in [0.3, 0.4) is 0 Å². The number of thiophene rings is 1. The summed E-state index contributed by atoms with van der Waals surface area (Å²) in [7, 11) is 0. The molecular formula is C64H43NS. The Morgan fingerprint density at radius 3 is 1.62 bits per heavy atom. The molecule has 0 unspecified atom stereocenters. The number of rotatable bonds is 5. The molecule has 1 heterocycles. The fourth-order valence-electron chi connectivity index (χ4n) is 12.4. The molecule has 66 heavy (non-hydrogen) atoms. The van der Waals surface area contributed by atoms with Crippen molar-refractivity contribution in [1.29, 1.82) is 0 Å². The molecular weight excluding hydrogens is 815 g/mol. The fraction of sp³-hybridized carbons (Fsp3) is 0.0625. The van der Waals surface area contributed by atoms with E-state index in [4.69, 9.17) is 0 Å². The Hall–Kier alpha value is -7.78. The number of fused-ring (bicyclic) bond motifs is 16. The smallest absolute Gasteiger partial charge is 0.0726 e. The van der Waals surface area contributed by atoms with Gasteiger partial charge >= 0.3 is 0 Å². The van der Waals surface area contributed by atoms with Gasteiger partial charge in [0.25, 0.3) is 0 Å². The third-order valence-electron chi connectivity index (χ3n) is 15.1. The van der Waals surface area contributed by atoms with Crippen LogP contribution in [0.1, 0.15) is 47.2 Å². The van der Waals surface area contributed by atoms with Crippen LogP contribution >= 0.6 is 11.3 Å². The molecule has 0 saturated carbocycles. The van der Waals surface area contributed by atoms with E-state index in [9.17, 15) is 0 Å². The van der Waals surface area contributed by atoms with Crippen LogP contribution in [0.2, 0.25) is 0 Å². The molecule has 10 aromatic carbocycles. The Bertz CT molecular complexity index is 3750. The van der Waals surface area contributed by atoms with Crippen LogP contribution in [0.5, 0.6) is 0 Å². The highest BCUT2D eigenvalue weighted by Crippen LogP contribution is 2.65. The lowest BCUT2D eigenvalue weighted by molar-refractivity contribution is 0.662. The van der Waals surface area contributed by atoms with E-state index in [1.165, 1.54) is 121 Å². The molecule has 0 fully saturated rings. The van der Waals surface area contributed by atoms with Crippen molar-refractivity contribution in [2.45, 2.75) is 24.7 Å². The molecule has 0 amide bonds. The zero-order chi connectivity index (χ0) is 43.7. The van der Waals surface area contributed by atoms with Crippen LogP contribution in [0.25, 0.3) is 75.8 Å². The third kappa shape index (κ3) is 5.00. The Kier molecular flexibility index (Phi) is 7.89. The van der Waals surface area contributed by atoms with E-state index in [1.54, 1.807) is 0 Å². The first-order chi connectivity index (χ1) is 32.5. The van der Waals surface area contributed by atoms with E-state index >= 15 is 0 Å². The molecule has 0 N–H and O–H groups in total. The standard InChI is InChI=1S/C64H43NS/c1-63(2)51-25-10-6-21-47(51)48-24-14-23-44(62(48)63)41-33-36-43(37-34-41)65(57-31-16-32-59-61(57)50-39-42(35-38-58(50)66-59)40-17-4-3-5-18-40)56-30-15-29-55-60(56)49-22-9-13-28-54(49)64(55)52-26-11-7-19-45(52)46-20-8-12-27-53(46)64/h3-39H,1-2H3. The first-order valence-electron chi connectivity index (χ1n) is 23.1. The molecule has 0 saturated heterocycles. The zero-order valence-corrected chi connectivity index (χ0v) is 37.5. The molecule has 0 radical (unpaired) electrons. The largest absolute Gasteiger partial charge is 0.309 e. The van der Waals surface area contributed by atoms with Crippen LogP contribution < -0.4 is 4.90 Å². The van der Waals surface area contributed by atoms with E-state index in [2.05, 4.69) is 243 Å². The average molecular weight is 858 g/mol. The molecule has 11 aromatic rings. The topological polar surface area (TPSA) is 3.24 Å². The van der Waals surface area contributed by atoms with Gasteiger partial charge in [0.1, 0.15) is 0 Å². The summed E-state index contributed by atoms with van der Waals surface area (Å²) >= 11 is 1.88. The Morgan fingerprint density at radius 2 is 0.894 bits per heavy atom. The van der Waals surface area contributed by atoms with Crippen molar-refractivity contribution < 1.29 is 0 Å². The number of hydrogen-bond acceptors (Lipinski definition) is 2. The van der Waals surface area contributed by atoms with E-state index in [0.29, 0.717) is 0 Å². The summed E-state index contributed by atoms with van der Waals surface area (Å²) in [4.78, 5) is 2.57. The van der Waals surface area contributed by atoms with Gasteiger partial charge in [-0.15, -0.1) is 11.3 Å². The molecule has 3 aliphatic rings. The predicted octanol–water partition coefficient (Wildman–Crippen LogP) is 17.5. The molecule has 2 heteroatoms. The summed E-state index contributed by atoms with van der Waals surface area (Å²) in [6.07, 6.45) is 0. The maximum Gasteiger partial charge on any atom is 0.0726 e. The van der Waals surface area contributed by atoms with Gasteiger partial charge in [-0.2, -0.15) is 0 Å². The average Bonchev–Trinajstić information content (AvgIpc) is 4.07. The van der Waals surface area contributed by atoms with Crippen LogP contribution in [0, 0.1) is 0 Å². The SMILES string of the molecule is CC1(C)c2ccccc2-c2cccc(-c3ccc(N(c4cccc5c4-c4ccccc4C54c5ccccc5-c5ccccc54)c4cccc5sc6ccc(-c7ccccc7)cc6c45)cc3)c21. The molecule has 0 atom stereocenters. The van der Waals surface area contributed by atoms with Gasteiger partial charge in [0.15, 0.2) is 0 Å². The van der Waals surface area contributed by atoms with Crippen molar-refractivity contribution in [3.8, 4) is 55.6 Å². The molecule has 0 aliphatic heterocycles. The van der Waals surface area contributed by atoms with Crippen molar-refractivity contribution >= 4 is 48.6 Å². The lowest BCUT2D eigenvalue weighted by Gasteiger charge is -2.32. The molecule has 14 rings (SSSR count). The second kappa shape index (κ2) is 13.9. The van der Waals surface area contributed by atoms with Gasteiger partial charge in [0.2, 0.25) is 0 Å². The van der Waals surface area contributed by atoms with Crippen LogP contribution in [-0.4, -0.2) is 0 Å². The quantitative estimate of drug-likeness (QED) is 0.167. The molecule has 3 aliphatic carbocycles. The van der Waals surface area contributed by atoms with Gasteiger partial charge in [-0.1, -0.05) is 196 Å². The molecule has 1 aromatic heterocycles. The molecule has 0 bridgehead atoms. The van der Waals surface area contributed by atoms with E-state index in [1.807, 2.05) is 11.3 Å². The Labute approximate surface area is 389 Å². The third-order valence-corrected chi connectivity index (χ3v) is 16.2. The summed E-state index contributed by atoms with van der Waals surface area (Å²) in [6.45, 7) is 4.77. The van der Waals surface area contributed by atoms with Crippen molar-refractivity contribution in [2.24, 2.45) is 0 Å². The minimum Gasteiger partial charge on any atom is -0.309 e. The number of anilines is 3. The first kappa shape index (κ1) is 37.6. The van der Waals surface area contributed by atoms with Crippen LogP contribution in [-0.2, 0) is 10.8 Å². The zero-order valence-electron chi connectivity index (χ0n) is 36.7. The summed E-state index contributed by atoms with van der Waals surface area (Å²) in [5, 5.41) is 2.55. The predicted molar refractivity (Wildman–Crippen MR) is 279 cm³/mol. The number of hydrogen-bond donors (Lipinski definition) is 0. The summed E-state index contributed by atoms with van der Waals surface area (Å²) in [6, 6.07) is 84.4. The lowest BCUT2D eigenvalue weighted by Crippen LogP contribution is -2.26. The van der Waals surface area contributed by atoms with Gasteiger partial charge in [0, 0.05) is 36.8 Å². The first-order valence-corrected chi connectivity index (χ1v) is 23.9. The van der Waals surface area contributed by atoms with Crippen molar-refractivity contribution in [1.82, 2.24) is 0 Å². The second-order valence-electron chi connectivity index (χ2n) is 18.7. The monoisotopic (exact) mass is 857 g/mol. The minimum atomic E-state index is -0.450. The van der Waals surface area contributed by atoms with E-state index in [0.717, 1.165) is 5.69 Å². The van der Waals surface area contributed by atoms with E-state index in [-0.39, 0.29) is 5.41 Å². The fourth-order valence-corrected chi connectivity index (χ4v) is 13.5. The van der Waals surface area contributed by atoms with Crippen LogP contribution in [0.15, 0.2) is 224 Å². The number of benzene rings is 10. The molecule has 1 spiro atoms. The van der Waals surface area contributed by atoms with Crippen molar-refractivity contribution in [2.75, 3.05) is 4.90 Å². The van der Waals surface area contributed by atoms with Gasteiger partial charge in [-0.3, -0.25) is 0 Å². The normalized spacial score (nSPS) is 14.2. The summed E-state index contributed by atoms with van der Waals surface area (Å²) in [5.41, 5.74) is 23.9. The van der Waals surface area contributed by atoms with Gasteiger partial charge in [0.05, 0.1) is 16.8 Å². The summed E-state index contributed by atoms with van der Waals surface area (Å²) in [5.74, 6) is 0. The highest BCUT2D eigenvalue weighted by molar-refractivity contribution is 7.26. The molecule has 1 nitrogen and oxygen atoms in total. The van der Waals surface area contributed by atoms with Crippen LogP contribution in [0.4, 0.5) is 17.1 Å². The maximum absolute atomic E-state index is 2.57. The maximum atomic E-state index is 2.57. The van der Waals surface area contributed by atoms with Gasteiger partial charge < -0.3 is 4.90 Å². The Balaban J connectivity index is 1.03. The molecule has 310 valence electrons. The highest BCUT2D eigenvalue weighted by Gasteiger charge is 2.52. The summed E-state index contributed by atoms with van der Waals surface area (Å²) < 4.78 is 2.56. The van der Waals surface area contributed by atoms with Gasteiger partial charge in [-0.25, -0.2) is 0 Å².